The fraction of sp³-hybridized carbons (Fsp3) is 0.133. The first-order valence-corrected chi connectivity index (χ1v) is 6.35. The van der Waals surface area contributed by atoms with E-state index >= 15 is 0 Å². The Morgan fingerprint density at radius 3 is 2.48 bits per heavy atom. The molecule has 2 rings (SSSR count). The number of nitro benzene ring substituents is 1. The molecule has 0 saturated carbocycles. The molecule has 3 N–H and O–H groups in total. The van der Waals surface area contributed by atoms with Crippen LogP contribution in [0.15, 0.2) is 42.5 Å². The molecule has 0 spiro atoms. The van der Waals surface area contributed by atoms with Crippen LogP contribution in [-0.4, -0.2) is 10.8 Å². The molecular weight excluding hydrogens is 270 g/mol. The fourth-order valence-corrected chi connectivity index (χ4v) is 1.84. The topological polar surface area (TPSA) is 98.3 Å². The Kier molecular flexibility index (Phi) is 4.18. The van der Waals surface area contributed by atoms with Gasteiger partial charge < -0.3 is 11.1 Å². The van der Waals surface area contributed by atoms with E-state index in [-0.39, 0.29) is 11.6 Å². The summed E-state index contributed by atoms with van der Waals surface area (Å²) in [4.78, 5) is 22.1. The minimum absolute atomic E-state index is 0.0271. The number of nitro groups is 1. The van der Waals surface area contributed by atoms with Crippen LogP contribution in [-0.2, 0) is 6.54 Å². The normalized spacial score (nSPS) is 10.1. The Labute approximate surface area is 121 Å². The monoisotopic (exact) mass is 285 g/mol. The molecule has 0 aliphatic heterocycles. The second-order valence-corrected chi connectivity index (χ2v) is 4.68. The second-order valence-electron chi connectivity index (χ2n) is 4.68. The van der Waals surface area contributed by atoms with Crippen LogP contribution in [0.1, 0.15) is 21.5 Å². The van der Waals surface area contributed by atoms with E-state index in [0.29, 0.717) is 17.8 Å². The number of aryl methyl sites for hydroxylation is 1. The van der Waals surface area contributed by atoms with Gasteiger partial charge in [0, 0.05) is 29.9 Å². The lowest BCUT2D eigenvalue weighted by Gasteiger charge is -2.07. The molecule has 108 valence electrons. The first kappa shape index (κ1) is 14.5. The van der Waals surface area contributed by atoms with Crippen molar-refractivity contribution in [2.45, 2.75) is 13.5 Å². The van der Waals surface area contributed by atoms with Gasteiger partial charge in [0.1, 0.15) is 0 Å². The van der Waals surface area contributed by atoms with Gasteiger partial charge in [-0.1, -0.05) is 12.1 Å². The van der Waals surface area contributed by atoms with Gasteiger partial charge in [0.2, 0.25) is 0 Å². The van der Waals surface area contributed by atoms with Crippen LogP contribution in [0.2, 0.25) is 0 Å². The quantitative estimate of drug-likeness (QED) is 0.512. The van der Waals surface area contributed by atoms with Crippen LogP contribution in [0, 0.1) is 17.0 Å². The first-order chi connectivity index (χ1) is 9.97. The van der Waals surface area contributed by atoms with Gasteiger partial charge in [-0.15, -0.1) is 0 Å². The average molecular weight is 285 g/mol. The molecular formula is C15H15N3O3. The van der Waals surface area contributed by atoms with E-state index in [0.717, 1.165) is 11.1 Å². The molecule has 0 heterocycles. The number of rotatable bonds is 4. The van der Waals surface area contributed by atoms with Gasteiger partial charge in [-0.3, -0.25) is 14.9 Å². The van der Waals surface area contributed by atoms with Gasteiger partial charge in [-0.25, -0.2) is 0 Å². The van der Waals surface area contributed by atoms with Crippen molar-refractivity contribution in [3.05, 3.63) is 69.3 Å². The van der Waals surface area contributed by atoms with E-state index in [1.54, 1.807) is 30.3 Å². The number of benzene rings is 2. The number of nitrogens with zero attached hydrogens (tertiary/aromatic N) is 1. The average Bonchev–Trinajstić information content (AvgIpc) is 2.48. The minimum atomic E-state index is -0.459. The Morgan fingerprint density at radius 1 is 1.24 bits per heavy atom. The number of carbonyl (C=O) groups is 1. The smallest absolute Gasteiger partial charge is 0.269 e. The van der Waals surface area contributed by atoms with Gasteiger partial charge in [0.25, 0.3) is 11.6 Å². The van der Waals surface area contributed by atoms with Gasteiger partial charge in [-0.2, -0.15) is 0 Å². The third kappa shape index (κ3) is 3.56. The van der Waals surface area contributed by atoms with Crippen molar-refractivity contribution in [3.8, 4) is 0 Å². The lowest BCUT2D eigenvalue weighted by molar-refractivity contribution is -0.384. The van der Waals surface area contributed by atoms with Crippen molar-refractivity contribution in [1.29, 1.82) is 0 Å². The summed E-state index contributed by atoms with van der Waals surface area (Å²) in [6.45, 7) is 2.14. The summed E-state index contributed by atoms with van der Waals surface area (Å²) in [7, 11) is 0. The predicted octanol–water partition coefficient (Wildman–Crippen LogP) is 2.42. The van der Waals surface area contributed by atoms with Crippen LogP contribution in [0.25, 0.3) is 0 Å². The molecule has 0 bridgehead atoms. The fourth-order valence-electron chi connectivity index (χ4n) is 1.84. The Balaban J connectivity index is 2.00. The van der Waals surface area contributed by atoms with Gasteiger partial charge in [-0.05, 0) is 36.2 Å². The first-order valence-electron chi connectivity index (χ1n) is 6.35. The highest BCUT2D eigenvalue weighted by Crippen LogP contribution is 2.14. The number of amides is 1. The maximum Gasteiger partial charge on any atom is 0.269 e. The van der Waals surface area contributed by atoms with Crippen molar-refractivity contribution in [1.82, 2.24) is 5.32 Å². The maximum atomic E-state index is 12.0. The number of non-ortho nitro benzene ring substituents is 1. The molecule has 0 saturated heterocycles. The van der Waals surface area contributed by atoms with E-state index in [9.17, 15) is 14.9 Å². The third-order valence-electron chi connectivity index (χ3n) is 3.13. The molecule has 0 fully saturated rings. The zero-order valence-electron chi connectivity index (χ0n) is 11.5. The number of nitrogens with one attached hydrogen (secondary N) is 1. The van der Waals surface area contributed by atoms with Crippen LogP contribution in [0.4, 0.5) is 11.4 Å². The number of anilines is 1. The largest absolute Gasteiger partial charge is 0.399 e. The highest BCUT2D eigenvalue weighted by Gasteiger charge is 2.08. The van der Waals surface area contributed by atoms with Crippen molar-refractivity contribution in [3.63, 3.8) is 0 Å². The summed E-state index contributed by atoms with van der Waals surface area (Å²) >= 11 is 0. The second kappa shape index (κ2) is 6.04. The van der Waals surface area contributed by atoms with Gasteiger partial charge in [0.05, 0.1) is 4.92 Å². The summed E-state index contributed by atoms with van der Waals surface area (Å²) in [5, 5.41) is 13.3. The lowest BCUT2D eigenvalue weighted by Crippen LogP contribution is -2.22. The molecule has 1 amide bonds. The van der Waals surface area contributed by atoms with Crippen LogP contribution >= 0.6 is 0 Å². The van der Waals surface area contributed by atoms with E-state index in [4.69, 9.17) is 5.73 Å². The molecule has 0 atom stereocenters. The number of nitrogens with two attached hydrogens (primary N) is 1. The molecule has 2 aromatic carbocycles. The molecule has 0 radical (unpaired) electrons. The van der Waals surface area contributed by atoms with Crippen LogP contribution in [0.5, 0.6) is 0 Å². The molecule has 0 aliphatic rings. The third-order valence-corrected chi connectivity index (χ3v) is 3.13. The molecule has 0 aromatic heterocycles. The summed E-state index contributed by atoms with van der Waals surface area (Å²) in [6, 6.07) is 11.1. The van der Waals surface area contributed by atoms with E-state index in [1.807, 2.05) is 6.92 Å². The number of carbonyl (C=O) groups excluding carboxylic acids is 1. The molecule has 0 unspecified atom stereocenters. The molecule has 2 aromatic rings. The SMILES string of the molecule is Cc1cc(C(=O)NCc2ccc([N+](=O)[O-])cc2)ccc1N. The van der Waals surface area contributed by atoms with E-state index < -0.39 is 4.92 Å². The van der Waals surface area contributed by atoms with Crippen LogP contribution < -0.4 is 11.1 Å². The van der Waals surface area contributed by atoms with E-state index in [2.05, 4.69) is 5.32 Å². The lowest BCUT2D eigenvalue weighted by atomic mass is 10.1. The zero-order valence-corrected chi connectivity index (χ0v) is 11.5. The van der Waals surface area contributed by atoms with Crippen molar-refractivity contribution < 1.29 is 9.72 Å². The van der Waals surface area contributed by atoms with E-state index in [1.165, 1.54) is 12.1 Å². The van der Waals surface area contributed by atoms with Crippen LogP contribution in [0.3, 0.4) is 0 Å². The van der Waals surface area contributed by atoms with Gasteiger partial charge >= 0.3 is 0 Å². The summed E-state index contributed by atoms with van der Waals surface area (Å²) in [5.74, 6) is -0.212. The standard InChI is InChI=1S/C15H15N3O3/c1-10-8-12(4-7-14(10)16)15(19)17-9-11-2-5-13(6-3-11)18(20)21/h2-8H,9,16H2,1H3,(H,17,19). The predicted molar refractivity (Wildman–Crippen MR) is 79.9 cm³/mol. The maximum absolute atomic E-state index is 12.0. The van der Waals surface area contributed by atoms with Crippen molar-refractivity contribution >= 4 is 17.3 Å². The van der Waals surface area contributed by atoms with Crippen molar-refractivity contribution in [2.75, 3.05) is 5.73 Å². The minimum Gasteiger partial charge on any atom is -0.399 e. The Hall–Kier alpha value is -2.89. The Morgan fingerprint density at radius 2 is 1.90 bits per heavy atom. The molecule has 6 nitrogen and oxygen atoms in total. The van der Waals surface area contributed by atoms with Crippen molar-refractivity contribution in [2.24, 2.45) is 0 Å². The highest BCUT2D eigenvalue weighted by molar-refractivity contribution is 5.94. The summed E-state index contributed by atoms with van der Waals surface area (Å²) < 4.78 is 0. The molecule has 6 heteroatoms. The van der Waals surface area contributed by atoms with Gasteiger partial charge in [0.15, 0.2) is 0 Å². The molecule has 0 aliphatic carbocycles. The zero-order chi connectivity index (χ0) is 15.4. The number of hydrogen-bond donors (Lipinski definition) is 2. The summed E-state index contributed by atoms with van der Waals surface area (Å²) in [5.41, 5.74) is 8.54. The summed E-state index contributed by atoms with van der Waals surface area (Å²) in [6.07, 6.45) is 0. The molecule has 21 heavy (non-hydrogen) atoms. The Bertz CT molecular complexity index is 681. The number of nitrogen functional groups attached to an aromatic ring is 1. The highest BCUT2D eigenvalue weighted by atomic mass is 16.6. The number of hydrogen-bond acceptors (Lipinski definition) is 4.